The van der Waals surface area contributed by atoms with Gasteiger partial charge in [-0.05, 0) is 18.6 Å². The van der Waals surface area contributed by atoms with Crippen LogP contribution < -0.4 is 9.80 Å². The van der Waals surface area contributed by atoms with Crippen LogP contribution in [0.3, 0.4) is 0 Å². The molecule has 28 heavy (non-hydrogen) atoms. The van der Waals surface area contributed by atoms with Gasteiger partial charge in [0, 0.05) is 36.2 Å². The molecule has 2 aromatic rings. The molecule has 1 amide bonds. The van der Waals surface area contributed by atoms with Gasteiger partial charge in [0.05, 0.1) is 18.9 Å². The molecule has 0 spiro atoms. The average molecular weight is 382 g/mol. The summed E-state index contributed by atoms with van der Waals surface area (Å²) in [6.07, 6.45) is 0.700. The Bertz CT molecular complexity index is 901. The van der Waals surface area contributed by atoms with E-state index in [1.165, 1.54) is 0 Å². The molecule has 0 unspecified atom stereocenters. The summed E-state index contributed by atoms with van der Waals surface area (Å²) in [7, 11) is 0. The Morgan fingerprint density at radius 1 is 1.14 bits per heavy atom. The number of carbonyl (C=O) groups excluding carboxylic acids is 1. The predicted molar refractivity (Wildman–Crippen MR) is 108 cm³/mol. The van der Waals surface area contributed by atoms with E-state index in [1.54, 1.807) is 23.1 Å². The van der Waals surface area contributed by atoms with Crippen molar-refractivity contribution < 1.29 is 14.6 Å². The summed E-state index contributed by atoms with van der Waals surface area (Å²) in [5.74, 6) is 1.54. The molecular weight excluding hydrogens is 356 g/mol. The lowest BCUT2D eigenvalue weighted by Crippen LogP contribution is -2.40. The van der Waals surface area contributed by atoms with Crippen LogP contribution in [0.2, 0.25) is 0 Å². The smallest absolute Gasteiger partial charge is 0.233 e. The maximum Gasteiger partial charge on any atom is 0.233 e. The number of ether oxygens (including phenoxy) is 1. The quantitative estimate of drug-likeness (QED) is 0.860. The molecule has 0 radical (unpaired) electrons. The standard InChI is InChI=1S/C21H26N4O3/c1-21(2,3)19(27)25-8-7-16-17(14-5-4-6-15(26)13-14)22-20(23-18(16)25)24-9-11-28-12-10-24/h4-6,13,26H,7-12H2,1-3H3. The molecule has 2 aliphatic heterocycles. The van der Waals surface area contributed by atoms with E-state index >= 15 is 0 Å². The first-order chi connectivity index (χ1) is 13.3. The van der Waals surface area contributed by atoms with E-state index in [0.717, 1.165) is 16.8 Å². The third kappa shape index (κ3) is 3.42. The largest absolute Gasteiger partial charge is 0.508 e. The third-order valence-corrected chi connectivity index (χ3v) is 5.11. The number of aromatic nitrogens is 2. The fourth-order valence-electron chi connectivity index (χ4n) is 3.64. The van der Waals surface area contributed by atoms with Gasteiger partial charge in [-0.2, -0.15) is 4.98 Å². The average Bonchev–Trinajstić information content (AvgIpc) is 3.10. The van der Waals surface area contributed by atoms with Crippen molar-refractivity contribution in [3.8, 4) is 17.0 Å². The fraction of sp³-hybridized carbons (Fsp3) is 0.476. The van der Waals surface area contributed by atoms with Gasteiger partial charge in [0.25, 0.3) is 0 Å². The molecule has 4 rings (SSSR count). The normalized spacial score (nSPS) is 17.0. The number of hydrogen-bond acceptors (Lipinski definition) is 6. The number of morpholine rings is 1. The first kappa shape index (κ1) is 18.7. The molecule has 148 valence electrons. The van der Waals surface area contributed by atoms with Crippen LogP contribution in [0.4, 0.5) is 11.8 Å². The highest BCUT2D eigenvalue weighted by atomic mass is 16.5. The van der Waals surface area contributed by atoms with E-state index in [1.807, 2.05) is 26.8 Å². The zero-order valence-corrected chi connectivity index (χ0v) is 16.6. The molecule has 0 atom stereocenters. The summed E-state index contributed by atoms with van der Waals surface area (Å²) < 4.78 is 5.45. The monoisotopic (exact) mass is 382 g/mol. The summed E-state index contributed by atoms with van der Waals surface area (Å²) in [5.41, 5.74) is 2.08. The van der Waals surface area contributed by atoms with Crippen LogP contribution in [0.1, 0.15) is 26.3 Å². The summed E-state index contributed by atoms with van der Waals surface area (Å²) in [6.45, 7) is 9.06. The highest BCUT2D eigenvalue weighted by Gasteiger charge is 2.36. The topological polar surface area (TPSA) is 78.8 Å². The minimum absolute atomic E-state index is 0.0553. The molecule has 1 aromatic heterocycles. The van der Waals surface area contributed by atoms with Gasteiger partial charge in [-0.3, -0.25) is 9.69 Å². The molecule has 1 saturated heterocycles. The van der Waals surface area contributed by atoms with E-state index in [2.05, 4.69) is 4.90 Å². The predicted octanol–water partition coefficient (Wildman–Crippen LogP) is 2.62. The SMILES string of the molecule is CC(C)(C)C(=O)N1CCc2c(-c3cccc(O)c3)nc(N3CCOCC3)nc21. The number of nitrogens with zero attached hydrogens (tertiary/aromatic N) is 4. The number of hydrogen-bond donors (Lipinski definition) is 1. The van der Waals surface area contributed by atoms with Gasteiger partial charge in [-0.1, -0.05) is 32.9 Å². The van der Waals surface area contributed by atoms with Gasteiger partial charge < -0.3 is 14.7 Å². The van der Waals surface area contributed by atoms with E-state index in [0.29, 0.717) is 51.0 Å². The van der Waals surface area contributed by atoms with Crippen LogP contribution in [0.25, 0.3) is 11.3 Å². The maximum atomic E-state index is 13.0. The number of amides is 1. The summed E-state index contributed by atoms with van der Waals surface area (Å²) in [4.78, 5) is 26.5. The van der Waals surface area contributed by atoms with Crippen molar-refractivity contribution in [2.24, 2.45) is 5.41 Å². The van der Waals surface area contributed by atoms with Crippen molar-refractivity contribution in [3.05, 3.63) is 29.8 Å². The molecular formula is C21H26N4O3. The van der Waals surface area contributed by atoms with Gasteiger partial charge in [0.15, 0.2) is 0 Å². The van der Waals surface area contributed by atoms with Crippen LogP contribution in [0, 0.1) is 5.41 Å². The minimum atomic E-state index is -0.489. The van der Waals surface area contributed by atoms with Crippen LogP contribution in [0.15, 0.2) is 24.3 Å². The molecule has 1 aromatic carbocycles. The van der Waals surface area contributed by atoms with Crippen molar-refractivity contribution >= 4 is 17.7 Å². The Labute approximate surface area is 165 Å². The van der Waals surface area contributed by atoms with E-state index in [4.69, 9.17) is 14.7 Å². The lowest BCUT2D eigenvalue weighted by molar-refractivity contribution is -0.125. The first-order valence-corrected chi connectivity index (χ1v) is 9.69. The van der Waals surface area contributed by atoms with Crippen LogP contribution in [-0.4, -0.2) is 53.8 Å². The van der Waals surface area contributed by atoms with Gasteiger partial charge in [0.1, 0.15) is 11.6 Å². The molecule has 3 heterocycles. The Morgan fingerprint density at radius 2 is 1.89 bits per heavy atom. The maximum absolute atomic E-state index is 13.0. The highest BCUT2D eigenvalue weighted by molar-refractivity contribution is 5.98. The summed E-state index contributed by atoms with van der Waals surface area (Å²) in [5, 5.41) is 9.95. The molecule has 2 aliphatic rings. The van der Waals surface area contributed by atoms with E-state index in [9.17, 15) is 9.90 Å². The molecule has 7 nitrogen and oxygen atoms in total. The molecule has 0 aliphatic carbocycles. The fourth-order valence-corrected chi connectivity index (χ4v) is 3.64. The molecule has 1 fully saturated rings. The van der Waals surface area contributed by atoms with Gasteiger partial charge in [-0.15, -0.1) is 0 Å². The van der Waals surface area contributed by atoms with Crippen molar-refractivity contribution in [2.45, 2.75) is 27.2 Å². The second kappa shape index (κ2) is 7.05. The lowest BCUT2D eigenvalue weighted by Gasteiger charge is -2.29. The zero-order chi connectivity index (χ0) is 19.9. The number of phenols is 1. The van der Waals surface area contributed by atoms with Crippen molar-refractivity contribution in [1.29, 1.82) is 0 Å². The van der Waals surface area contributed by atoms with Gasteiger partial charge >= 0.3 is 0 Å². The van der Waals surface area contributed by atoms with Crippen molar-refractivity contribution in [3.63, 3.8) is 0 Å². The number of aromatic hydroxyl groups is 1. The van der Waals surface area contributed by atoms with Crippen LogP contribution in [0.5, 0.6) is 5.75 Å². The van der Waals surface area contributed by atoms with Crippen molar-refractivity contribution in [2.75, 3.05) is 42.6 Å². The second-order valence-corrected chi connectivity index (χ2v) is 8.28. The Morgan fingerprint density at radius 3 is 2.57 bits per heavy atom. The molecule has 1 N–H and O–H groups in total. The van der Waals surface area contributed by atoms with Gasteiger partial charge in [-0.25, -0.2) is 4.98 Å². The number of benzene rings is 1. The lowest BCUT2D eigenvalue weighted by atomic mass is 9.95. The van der Waals surface area contributed by atoms with E-state index < -0.39 is 5.41 Å². The minimum Gasteiger partial charge on any atom is -0.508 e. The summed E-state index contributed by atoms with van der Waals surface area (Å²) >= 11 is 0. The van der Waals surface area contributed by atoms with Gasteiger partial charge in [0.2, 0.25) is 11.9 Å². The Balaban J connectivity index is 1.85. The first-order valence-electron chi connectivity index (χ1n) is 9.69. The molecule has 0 bridgehead atoms. The number of fused-ring (bicyclic) bond motifs is 1. The van der Waals surface area contributed by atoms with E-state index in [-0.39, 0.29) is 11.7 Å². The Kier molecular flexibility index (Phi) is 4.71. The van der Waals surface area contributed by atoms with Crippen molar-refractivity contribution in [1.82, 2.24) is 9.97 Å². The number of phenolic OH excluding ortho intramolecular Hbond substituents is 1. The summed E-state index contributed by atoms with van der Waals surface area (Å²) in [6, 6.07) is 7.09. The Hall–Kier alpha value is -2.67. The molecule has 0 saturated carbocycles. The molecule has 7 heteroatoms. The highest BCUT2D eigenvalue weighted by Crippen LogP contribution is 2.38. The number of carbonyl (C=O) groups is 1. The number of anilines is 2. The zero-order valence-electron chi connectivity index (χ0n) is 16.6. The third-order valence-electron chi connectivity index (χ3n) is 5.11. The number of rotatable bonds is 2. The van der Waals surface area contributed by atoms with Crippen LogP contribution >= 0.6 is 0 Å². The van der Waals surface area contributed by atoms with Crippen LogP contribution in [-0.2, 0) is 16.0 Å². The second-order valence-electron chi connectivity index (χ2n) is 8.28.